The van der Waals surface area contributed by atoms with E-state index in [-0.39, 0.29) is 11.8 Å². The van der Waals surface area contributed by atoms with Crippen LogP contribution in [0.4, 0.5) is 0 Å². The van der Waals surface area contributed by atoms with Gasteiger partial charge in [0, 0.05) is 32.6 Å². The second-order valence-electron chi connectivity index (χ2n) is 4.76. The molecule has 1 unspecified atom stereocenters. The lowest BCUT2D eigenvalue weighted by Crippen LogP contribution is -2.50. The number of piperazine rings is 1. The van der Waals surface area contributed by atoms with Gasteiger partial charge in [-0.15, -0.1) is 0 Å². The Bertz CT molecular complexity index is 371. The lowest BCUT2D eigenvalue weighted by atomic mass is 10.0. The molecule has 1 atom stereocenters. The smallest absolute Gasteiger partial charge is 0.222 e. The van der Waals surface area contributed by atoms with Gasteiger partial charge >= 0.3 is 0 Å². The van der Waals surface area contributed by atoms with Gasteiger partial charge in [-0.05, 0) is 12.5 Å². The lowest BCUT2D eigenvalue weighted by molar-refractivity contribution is -0.133. The first-order valence-electron chi connectivity index (χ1n) is 6.31. The molecule has 0 aromatic heterocycles. The molecule has 18 heavy (non-hydrogen) atoms. The van der Waals surface area contributed by atoms with Gasteiger partial charge in [0.1, 0.15) is 0 Å². The van der Waals surface area contributed by atoms with Gasteiger partial charge in [-0.2, -0.15) is 4.31 Å². The summed E-state index contributed by atoms with van der Waals surface area (Å²) in [6.07, 6.45) is 2.56. The maximum atomic E-state index is 12.0. The Balaban J connectivity index is 2.45. The van der Waals surface area contributed by atoms with Crippen molar-refractivity contribution in [1.29, 1.82) is 0 Å². The predicted octanol–water partition coefficient (Wildman–Crippen LogP) is -0.535. The number of amides is 1. The first kappa shape index (κ1) is 15.4. The van der Waals surface area contributed by atoms with E-state index in [2.05, 4.69) is 0 Å². The molecule has 6 nitrogen and oxygen atoms in total. The Hall–Kier alpha value is -0.660. The third-order valence-corrected chi connectivity index (χ3v) is 4.74. The van der Waals surface area contributed by atoms with Crippen LogP contribution in [0, 0.1) is 5.92 Å². The third-order valence-electron chi connectivity index (χ3n) is 3.43. The largest absolute Gasteiger partial charge is 0.340 e. The average molecular weight is 277 g/mol. The molecule has 0 spiro atoms. The molecule has 0 aromatic carbocycles. The normalized spacial score (nSPS) is 19.8. The average Bonchev–Trinajstić information content (AvgIpc) is 2.34. The van der Waals surface area contributed by atoms with Crippen LogP contribution in [-0.2, 0) is 14.8 Å². The number of hydrogen-bond acceptors (Lipinski definition) is 4. The van der Waals surface area contributed by atoms with Gasteiger partial charge in [0.25, 0.3) is 0 Å². The summed E-state index contributed by atoms with van der Waals surface area (Å²) in [5.74, 6) is 0.311. The van der Waals surface area contributed by atoms with Crippen LogP contribution >= 0.6 is 0 Å². The van der Waals surface area contributed by atoms with Crippen LogP contribution in [0.2, 0.25) is 0 Å². The highest BCUT2D eigenvalue weighted by Gasteiger charge is 2.26. The molecule has 1 amide bonds. The summed E-state index contributed by atoms with van der Waals surface area (Å²) in [5, 5.41) is 0. The summed E-state index contributed by atoms with van der Waals surface area (Å²) in [5.41, 5.74) is 5.58. The lowest BCUT2D eigenvalue weighted by Gasteiger charge is -2.33. The highest BCUT2D eigenvalue weighted by Crippen LogP contribution is 2.12. The van der Waals surface area contributed by atoms with Gasteiger partial charge in [-0.1, -0.05) is 13.3 Å². The van der Waals surface area contributed by atoms with E-state index < -0.39 is 10.0 Å². The molecule has 1 rings (SSSR count). The Labute approximate surface area is 109 Å². The van der Waals surface area contributed by atoms with E-state index >= 15 is 0 Å². The minimum Gasteiger partial charge on any atom is -0.340 e. The summed E-state index contributed by atoms with van der Waals surface area (Å²) in [4.78, 5) is 13.7. The Morgan fingerprint density at radius 2 is 1.83 bits per heavy atom. The number of sulfonamides is 1. The van der Waals surface area contributed by atoms with Gasteiger partial charge in [-0.3, -0.25) is 4.79 Å². The van der Waals surface area contributed by atoms with Crippen LogP contribution in [0.5, 0.6) is 0 Å². The molecule has 1 heterocycles. The molecule has 1 aliphatic rings. The van der Waals surface area contributed by atoms with Gasteiger partial charge in [0.2, 0.25) is 15.9 Å². The van der Waals surface area contributed by atoms with Crippen molar-refractivity contribution < 1.29 is 13.2 Å². The Kier molecular flexibility index (Phi) is 5.55. The van der Waals surface area contributed by atoms with Gasteiger partial charge < -0.3 is 10.6 Å². The fourth-order valence-electron chi connectivity index (χ4n) is 2.04. The summed E-state index contributed by atoms with van der Waals surface area (Å²) < 4.78 is 24.1. The van der Waals surface area contributed by atoms with Crippen molar-refractivity contribution in [3.05, 3.63) is 0 Å². The van der Waals surface area contributed by atoms with E-state index in [0.717, 1.165) is 6.42 Å². The number of hydrogen-bond donors (Lipinski definition) is 1. The molecule has 1 aliphatic heterocycles. The molecule has 0 radical (unpaired) electrons. The van der Waals surface area contributed by atoms with Crippen molar-refractivity contribution in [3.63, 3.8) is 0 Å². The SMILES string of the molecule is CCC(CN)CC(=O)N1CCN(S(C)(=O)=O)CC1. The van der Waals surface area contributed by atoms with Crippen molar-refractivity contribution in [2.45, 2.75) is 19.8 Å². The fraction of sp³-hybridized carbons (Fsp3) is 0.909. The third kappa shape index (κ3) is 4.22. The van der Waals surface area contributed by atoms with Crippen LogP contribution in [-0.4, -0.2) is 62.5 Å². The van der Waals surface area contributed by atoms with Gasteiger partial charge in [-0.25, -0.2) is 8.42 Å². The van der Waals surface area contributed by atoms with Crippen LogP contribution in [0.15, 0.2) is 0 Å². The van der Waals surface area contributed by atoms with Crippen LogP contribution in [0.3, 0.4) is 0 Å². The van der Waals surface area contributed by atoms with E-state index in [1.165, 1.54) is 10.6 Å². The van der Waals surface area contributed by atoms with E-state index in [4.69, 9.17) is 5.73 Å². The monoisotopic (exact) mass is 277 g/mol. The number of nitrogens with zero attached hydrogens (tertiary/aromatic N) is 2. The Morgan fingerprint density at radius 3 is 2.22 bits per heavy atom. The number of carbonyl (C=O) groups is 1. The second-order valence-corrected chi connectivity index (χ2v) is 6.74. The van der Waals surface area contributed by atoms with Crippen molar-refractivity contribution >= 4 is 15.9 Å². The van der Waals surface area contributed by atoms with Gasteiger partial charge in [0.05, 0.1) is 6.26 Å². The molecule has 2 N–H and O–H groups in total. The van der Waals surface area contributed by atoms with Gasteiger partial charge in [0.15, 0.2) is 0 Å². The van der Waals surface area contributed by atoms with E-state index in [1.54, 1.807) is 4.90 Å². The summed E-state index contributed by atoms with van der Waals surface area (Å²) in [6.45, 7) is 4.28. The van der Waals surface area contributed by atoms with Crippen LogP contribution < -0.4 is 5.73 Å². The molecule has 1 saturated heterocycles. The van der Waals surface area contributed by atoms with Crippen molar-refractivity contribution in [2.24, 2.45) is 11.7 Å². The molecule has 1 fully saturated rings. The molecule has 0 aromatic rings. The topological polar surface area (TPSA) is 83.7 Å². The first-order chi connectivity index (χ1) is 8.38. The van der Waals surface area contributed by atoms with Crippen molar-refractivity contribution in [3.8, 4) is 0 Å². The van der Waals surface area contributed by atoms with Crippen LogP contribution in [0.25, 0.3) is 0 Å². The maximum absolute atomic E-state index is 12.0. The fourth-order valence-corrected chi connectivity index (χ4v) is 2.87. The summed E-state index contributed by atoms with van der Waals surface area (Å²) >= 11 is 0. The molecule has 0 saturated carbocycles. The zero-order valence-electron chi connectivity index (χ0n) is 11.1. The van der Waals surface area contributed by atoms with Crippen molar-refractivity contribution in [1.82, 2.24) is 9.21 Å². The molecule has 7 heteroatoms. The first-order valence-corrected chi connectivity index (χ1v) is 8.16. The molecule has 106 valence electrons. The molecular weight excluding hydrogens is 254 g/mol. The zero-order valence-corrected chi connectivity index (χ0v) is 11.9. The molecule has 0 aliphatic carbocycles. The summed E-state index contributed by atoms with van der Waals surface area (Å²) in [7, 11) is -3.13. The molecule has 0 bridgehead atoms. The van der Waals surface area contributed by atoms with Crippen molar-refractivity contribution in [2.75, 3.05) is 39.0 Å². The van der Waals surface area contributed by atoms with Crippen LogP contribution in [0.1, 0.15) is 19.8 Å². The zero-order chi connectivity index (χ0) is 13.8. The number of nitrogens with two attached hydrogens (primary N) is 1. The van der Waals surface area contributed by atoms with E-state index in [1.807, 2.05) is 6.92 Å². The quantitative estimate of drug-likeness (QED) is 0.732. The number of rotatable bonds is 5. The number of carbonyl (C=O) groups excluding carboxylic acids is 1. The standard InChI is InChI=1S/C11H23N3O3S/c1-3-10(9-12)8-11(15)13-4-6-14(7-5-13)18(2,16)17/h10H,3-9,12H2,1-2H3. The minimum absolute atomic E-state index is 0.0838. The maximum Gasteiger partial charge on any atom is 0.222 e. The molecular formula is C11H23N3O3S. The highest BCUT2D eigenvalue weighted by atomic mass is 32.2. The predicted molar refractivity (Wildman–Crippen MR) is 70.4 cm³/mol. The highest BCUT2D eigenvalue weighted by molar-refractivity contribution is 7.88. The second kappa shape index (κ2) is 6.49. The summed E-state index contributed by atoms with van der Waals surface area (Å²) in [6, 6.07) is 0. The van der Waals surface area contributed by atoms with E-state index in [9.17, 15) is 13.2 Å². The minimum atomic E-state index is -3.13. The Morgan fingerprint density at radius 1 is 1.28 bits per heavy atom. The van der Waals surface area contributed by atoms with E-state index in [0.29, 0.717) is 39.1 Å².